The van der Waals surface area contributed by atoms with Gasteiger partial charge in [-0.2, -0.15) is 5.79 Å². The molecule has 0 saturated carbocycles. The normalized spacial score (nSPS) is 30.6. The van der Waals surface area contributed by atoms with E-state index in [0.29, 0.717) is 0 Å². The summed E-state index contributed by atoms with van der Waals surface area (Å²) in [7, 11) is 9.94. The Kier molecular flexibility index (Phi) is 4.46. The van der Waals surface area contributed by atoms with Crippen LogP contribution >= 0.6 is 66.8 Å². The number of hydrogen-bond donors (Lipinski definition) is 0. The maximum atomic E-state index is 6.42. The molecule has 1 rings (SSSR count). The van der Waals surface area contributed by atoms with Gasteiger partial charge in [0.2, 0.25) is 0 Å². The average molecular weight is 353 g/mol. The molecule has 0 aromatic heterocycles. The number of rotatable bonds is 0. The summed E-state index contributed by atoms with van der Waals surface area (Å²) in [6, 6.07) is 0. The zero-order valence-corrected chi connectivity index (χ0v) is 14.4. The Bertz CT molecular complexity index is 336. The molecule has 0 fully saturated rings. The average Bonchev–Trinajstić information content (AvgIpc) is 1.97. The molecule has 84 valence electrons. The van der Waals surface area contributed by atoms with Gasteiger partial charge in [0.25, 0.3) is 0 Å². The van der Waals surface area contributed by atoms with Gasteiger partial charge in [-0.15, -0.1) is 0 Å². The zero-order valence-electron chi connectivity index (χ0n) is 7.70. The molecule has 0 aromatic rings. The summed E-state index contributed by atoms with van der Waals surface area (Å²) in [6.07, 6.45) is 0. The second kappa shape index (κ2) is 4.29. The van der Waals surface area contributed by atoms with E-state index in [0.717, 1.165) is 0 Å². The van der Waals surface area contributed by atoms with Crippen LogP contribution in [-0.4, -0.2) is 34.0 Å². The third kappa shape index (κ3) is 2.49. The molecule has 14 heavy (non-hydrogen) atoms. The molecule has 1 aliphatic heterocycles. The standard InChI is InChI=1S/C2H6Cl4N3P2.CH3.Al.ClH/c1-7-10(3,4)9-11(5,6)8-2;;;/h1-2H3;1H3;;1H/q-1;;+2;/p-1. The van der Waals surface area contributed by atoms with Crippen molar-refractivity contribution in [2.45, 2.75) is 5.79 Å². The minimum Gasteiger partial charge on any atom is -0.404 e. The molecule has 1 aliphatic rings. The molecule has 0 aromatic carbocycles. The first-order chi connectivity index (χ1) is 6.02. The van der Waals surface area contributed by atoms with Gasteiger partial charge in [-0.1, -0.05) is 4.17 Å². The van der Waals surface area contributed by atoms with E-state index in [1.807, 2.05) is 5.79 Å². The zero-order chi connectivity index (χ0) is 11.4. The second-order valence-corrected chi connectivity index (χ2v) is 20.7. The molecule has 0 aliphatic carbocycles. The van der Waals surface area contributed by atoms with Gasteiger partial charge in [0.1, 0.15) is 0 Å². The Hall–Kier alpha value is 2.47. The summed E-state index contributed by atoms with van der Waals surface area (Å²) in [5, 5.41) is 0. The highest BCUT2D eigenvalue weighted by Crippen LogP contribution is 2.73. The van der Waals surface area contributed by atoms with Gasteiger partial charge < -0.3 is 17.4 Å². The fourth-order valence-electron chi connectivity index (χ4n) is 1.00. The third-order valence-corrected chi connectivity index (χ3v) is 22.6. The Morgan fingerprint density at radius 1 is 1.00 bits per heavy atom. The Morgan fingerprint density at radius 3 is 1.57 bits per heavy atom. The van der Waals surface area contributed by atoms with Gasteiger partial charge in [-0.3, -0.25) is 0 Å². The summed E-state index contributed by atoms with van der Waals surface area (Å²) in [4.78, 5) is 0. The monoisotopic (exact) mass is 351 g/mol. The van der Waals surface area contributed by atoms with Gasteiger partial charge in [-0.05, 0) is 14.1 Å². The Balaban J connectivity index is 3.55. The first-order valence-corrected chi connectivity index (χ1v) is 14.6. The van der Waals surface area contributed by atoms with E-state index >= 15 is 0 Å². The van der Waals surface area contributed by atoms with Crippen LogP contribution in [0.2, 0.25) is 5.79 Å². The lowest BCUT2D eigenvalue weighted by Gasteiger charge is -2.44. The van der Waals surface area contributed by atoms with Crippen LogP contribution in [-0.2, 0) is 0 Å². The lowest BCUT2D eigenvalue weighted by atomic mass is 11.6. The molecule has 0 radical (unpaired) electrons. The molecule has 0 N–H and O–H groups in total. The lowest BCUT2D eigenvalue weighted by molar-refractivity contribution is 0.700. The van der Waals surface area contributed by atoms with Crippen LogP contribution in [0.25, 0.3) is 0 Å². The van der Waals surface area contributed by atoms with Crippen molar-refractivity contribution in [3.63, 3.8) is 0 Å². The maximum absolute atomic E-state index is 6.42. The van der Waals surface area contributed by atoms with Crippen LogP contribution in [0.4, 0.5) is 0 Å². The molecule has 11 heteroatoms. The van der Waals surface area contributed by atoms with E-state index < -0.39 is 24.4 Å². The number of nitrogens with zero attached hydrogens (tertiary/aromatic N) is 3. The predicted octanol–water partition coefficient (Wildman–Crippen LogP) is 4.59. The SMILES string of the molecule is C[N]1[Al-]([CH3])([Cl])[N](C)P(Cl)(Cl)=[N+]=P1(Cl)Cl. The minimum atomic E-state index is -2.76. The lowest BCUT2D eigenvalue weighted by Crippen LogP contribution is -2.53. The van der Waals surface area contributed by atoms with Crippen molar-refractivity contribution in [1.82, 2.24) is 11.5 Å². The van der Waals surface area contributed by atoms with Crippen LogP contribution in [0, 0.1) is 0 Å². The molecule has 3 nitrogen and oxygen atoms in total. The van der Waals surface area contributed by atoms with Crippen molar-refractivity contribution in [3.8, 4) is 0 Å². The van der Waals surface area contributed by atoms with Gasteiger partial charge in [0, 0.05) is 45.0 Å². The fraction of sp³-hybridized carbons (Fsp3) is 1.00. The first-order valence-electron chi connectivity index (χ1n) is 3.68. The van der Waals surface area contributed by atoms with E-state index in [-0.39, 0.29) is 0 Å². The highest BCUT2D eigenvalue weighted by Gasteiger charge is 2.54. The number of hydrogen-bond acceptors (Lipinski definition) is 2. The quantitative estimate of drug-likeness (QED) is 0.361. The smallest absolute Gasteiger partial charge is 0.404 e. The molecular weight excluding hydrogens is 344 g/mol. The van der Waals surface area contributed by atoms with Crippen molar-refractivity contribution in [2.75, 3.05) is 14.1 Å². The topological polar surface area (TPSA) is 20.6 Å². The highest BCUT2D eigenvalue weighted by molar-refractivity contribution is 8.16. The summed E-state index contributed by atoms with van der Waals surface area (Å²) < 4.78 is 7.58. The molecule has 0 unspecified atom stereocenters. The van der Waals surface area contributed by atoms with Crippen molar-refractivity contribution in [2.24, 2.45) is 0 Å². The van der Waals surface area contributed by atoms with Crippen LogP contribution in [0.3, 0.4) is 0 Å². The first kappa shape index (κ1) is 14.5. The van der Waals surface area contributed by atoms with E-state index in [1.54, 1.807) is 21.4 Å². The predicted molar refractivity (Wildman–Crippen MR) is 72.4 cm³/mol. The highest BCUT2D eigenvalue weighted by atomic mass is 35.9. The van der Waals surface area contributed by atoms with E-state index in [1.165, 1.54) is 0 Å². The van der Waals surface area contributed by atoms with Crippen molar-refractivity contribution in [1.29, 1.82) is 0 Å². The minimum absolute atomic E-state index is 1.74. The van der Waals surface area contributed by atoms with Gasteiger partial charge >= 0.3 is 24.4 Å². The molecule has 0 atom stereocenters. The van der Waals surface area contributed by atoms with Gasteiger partial charge in [0.15, 0.2) is 0 Å². The summed E-state index contributed by atoms with van der Waals surface area (Å²) >= 11 is 21.6. The maximum Gasteiger partial charge on any atom is 0.451 e. The molecular formula is C3H9AlCl5N3P2. The summed E-state index contributed by atoms with van der Waals surface area (Å²) in [6.45, 7) is 0. The summed E-state index contributed by atoms with van der Waals surface area (Å²) in [5.41, 5.74) is 0. The van der Waals surface area contributed by atoms with Crippen molar-refractivity contribution in [3.05, 3.63) is 0 Å². The largest absolute Gasteiger partial charge is 0.451 e. The fourth-order valence-corrected chi connectivity index (χ4v) is 24.4. The molecule has 1 heterocycles. The molecule has 0 amide bonds. The molecule has 0 saturated heterocycles. The second-order valence-electron chi connectivity index (χ2n) is 3.19. The molecule has 0 bridgehead atoms. The van der Waals surface area contributed by atoms with E-state index in [9.17, 15) is 0 Å². The molecule has 0 spiro atoms. The van der Waals surface area contributed by atoms with Crippen LogP contribution in [0.1, 0.15) is 0 Å². The number of halogens is 5. The Morgan fingerprint density at radius 2 is 1.29 bits per heavy atom. The van der Waals surface area contributed by atoms with Crippen molar-refractivity contribution < 1.29 is 0 Å². The van der Waals surface area contributed by atoms with E-state index in [4.69, 9.17) is 55.0 Å². The Labute approximate surface area is 110 Å². The third-order valence-electron chi connectivity index (χ3n) is 2.34. The van der Waals surface area contributed by atoms with Gasteiger partial charge in [-0.25, -0.2) is 0 Å². The van der Waals surface area contributed by atoms with Gasteiger partial charge in [0.05, 0.1) is 0 Å². The van der Waals surface area contributed by atoms with E-state index in [2.05, 4.69) is 4.17 Å². The van der Waals surface area contributed by atoms with Crippen molar-refractivity contribution >= 4 is 79.4 Å². The van der Waals surface area contributed by atoms with Crippen LogP contribution < -0.4 is 4.17 Å². The van der Waals surface area contributed by atoms with Crippen LogP contribution in [0.5, 0.6) is 0 Å². The summed E-state index contributed by atoms with van der Waals surface area (Å²) in [5.74, 6) is -3.35. The van der Waals surface area contributed by atoms with Crippen LogP contribution in [0.15, 0.2) is 0 Å².